The number of nitrogens with one attached hydrogen (secondary N) is 1. The van der Waals surface area contributed by atoms with Gasteiger partial charge in [0.15, 0.2) is 6.54 Å². The standard InChI is InChI=1S/C21H29ClN2O/c1-14(21-9-16-5-17(10-21)7-18(6-16)11-21)23-13-20(25)24-12-15-3-2-4-19(22)8-15/h2-4,8,14,16-18,23H,5-7,9-13H2,1H3,(H,24,25)/p+1/t14-,16?,17?,18?,21?/m1/s1. The van der Waals surface area contributed by atoms with E-state index in [9.17, 15) is 4.79 Å². The summed E-state index contributed by atoms with van der Waals surface area (Å²) in [5.41, 5.74) is 1.55. The van der Waals surface area contributed by atoms with Crippen LogP contribution in [0.25, 0.3) is 0 Å². The van der Waals surface area contributed by atoms with Crippen molar-refractivity contribution in [3.63, 3.8) is 0 Å². The van der Waals surface area contributed by atoms with Gasteiger partial charge in [-0.25, -0.2) is 0 Å². The number of quaternary nitrogens is 1. The molecule has 0 unspecified atom stereocenters. The number of hydrogen-bond acceptors (Lipinski definition) is 1. The molecular weight excluding hydrogens is 332 g/mol. The minimum absolute atomic E-state index is 0.122. The smallest absolute Gasteiger partial charge is 0.275 e. The number of hydrogen-bond donors (Lipinski definition) is 2. The summed E-state index contributed by atoms with van der Waals surface area (Å²) >= 11 is 5.99. The van der Waals surface area contributed by atoms with Gasteiger partial charge in [0, 0.05) is 17.0 Å². The first-order chi connectivity index (χ1) is 12.0. The van der Waals surface area contributed by atoms with Crippen molar-refractivity contribution in [1.29, 1.82) is 0 Å². The Morgan fingerprint density at radius 1 is 1.24 bits per heavy atom. The molecule has 3 nitrogen and oxygen atoms in total. The highest BCUT2D eigenvalue weighted by Gasteiger charge is 2.54. The molecule has 0 heterocycles. The average molecular weight is 362 g/mol. The molecule has 4 aliphatic rings. The fourth-order valence-corrected chi connectivity index (χ4v) is 6.40. The van der Waals surface area contributed by atoms with Gasteiger partial charge in [0.1, 0.15) is 0 Å². The SMILES string of the molecule is C[C@@H]([NH2+]CC(=O)NCc1cccc(Cl)c1)C12CC3CC(CC(C3)C1)C2. The molecule has 4 heteroatoms. The lowest BCUT2D eigenvalue weighted by atomic mass is 9.48. The van der Waals surface area contributed by atoms with Crippen molar-refractivity contribution in [2.45, 2.75) is 58.0 Å². The van der Waals surface area contributed by atoms with E-state index in [0.717, 1.165) is 23.3 Å². The minimum atomic E-state index is 0.122. The molecule has 4 aliphatic carbocycles. The molecule has 1 aromatic rings. The molecule has 4 saturated carbocycles. The van der Waals surface area contributed by atoms with Gasteiger partial charge in [-0.2, -0.15) is 0 Å². The second-order valence-electron chi connectivity index (χ2n) is 8.92. The Kier molecular flexibility index (Phi) is 4.81. The molecule has 0 aliphatic heterocycles. The van der Waals surface area contributed by atoms with Crippen molar-refractivity contribution in [1.82, 2.24) is 5.32 Å². The molecule has 3 N–H and O–H groups in total. The molecule has 0 saturated heterocycles. The monoisotopic (exact) mass is 361 g/mol. The van der Waals surface area contributed by atoms with E-state index < -0.39 is 0 Å². The Hall–Kier alpha value is -1.06. The first-order valence-electron chi connectivity index (χ1n) is 9.87. The quantitative estimate of drug-likeness (QED) is 0.803. The Morgan fingerprint density at radius 3 is 2.48 bits per heavy atom. The van der Waals surface area contributed by atoms with Crippen molar-refractivity contribution in [3.8, 4) is 0 Å². The fraction of sp³-hybridized carbons (Fsp3) is 0.667. The molecular formula is C21H30ClN2O+. The molecule has 0 spiro atoms. The molecule has 1 amide bonds. The van der Waals surface area contributed by atoms with E-state index in [-0.39, 0.29) is 5.91 Å². The van der Waals surface area contributed by atoms with Gasteiger partial charge in [-0.1, -0.05) is 23.7 Å². The summed E-state index contributed by atoms with van der Waals surface area (Å²) in [4.78, 5) is 12.3. The molecule has 5 rings (SSSR count). The van der Waals surface area contributed by atoms with Gasteiger partial charge in [0.05, 0.1) is 6.04 Å². The molecule has 0 aromatic heterocycles. The molecule has 25 heavy (non-hydrogen) atoms. The lowest BCUT2D eigenvalue weighted by molar-refractivity contribution is -0.692. The van der Waals surface area contributed by atoms with E-state index in [1.54, 1.807) is 0 Å². The van der Waals surface area contributed by atoms with Gasteiger partial charge >= 0.3 is 0 Å². The summed E-state index contributed by atoms with van der Waals surface area (Å²) in [6, 6.07) is 8.23. The van der Waals surface area contributed by atoms with Crippen LogP contribution in [-0.2, 0) is 11.3 Å². The summed E-state index contributed by atoms with van der Waals surface area (Å²) in [6.45, 7) is 3.44. The zero-order valence-electron chi connectivity index (χ0n) is 15.1. The van der Waals surface area contributed by atoms with E-state index in [0.29, 0.717) is 29.6 Å². The van der Waals surface area contributed by atoms with Gasteiger partial charge in [0.2, 0.25) is 0 Å². The van der Waals surface area contributed by atoms with Gasteiger partial charge < -0.3 is 10.6 Å². The zero-order chi connectivity index (χ0) is 17.4. The predicted molar refractivity (Wildman–Crippen MR) is 100 cm³/mol. The van der Waals surface area contributed by atoms with E-state index in [1.165, 1.54) is 38.5 Å². The maximum absolute atomic E-state index is 12.3. The molecule has 1 atom stereocenters. The van der Waals surface area contributed by atoms with Crippen LogP contribution in [0.4, 0.5) is 0 Å². The average Bonchev–Trinajstić information content (AvgIpc) is 2.56. The summed E-state index contributed by atoms with van der Waals surface area (Å²) < 4.78 is 0. The second-order valence-corrected chi connectivity index (χ2v) is 9.35. The minimum Gasteiger partial charge on any atom is -0.347 e. The van der Waals surface area contributed by atoms with Crippen LogP contribution in [0.3, 0.4) is 0 Å². The van der Waals surface area contributed by atoms with Gasteiger partial charge in [-0.15, -0.1) is 0 Å². The van der Waals surface area contributed by atoms with Gasteiger partial charge in [-0.3, -0.25) is 4.79 Å². The van der Waals surface area contributed by atoms with Crippen LogP contribution in [0.2, 0.25) is 5.02 Å². The number of benzene rings is 1. The van der Waals surface area contributed by atoms with Crippen molar-refractivity contribution >= 4 is 17.5 Å². The van der Waals surface area contributed by atoms with Crippen molar-refractivity contribution in [3.05, 3.63) is 34.9 Å². The highest BCUT2D eigenvalue weighted by Crippen LogP contribution is 2.60. The van der Waals surface area contributed by atoms with Crippen LogP contribution in [-0.4, -0.2) is 18.5 Å². The topological polar surface area (TPSA) is 45.7 Å². The van der Waals surface area contributed by atoms with E-state index in [4.69, 9.17) is 11.6 Å². The van der Waals surface area contributed by atoms with Crippen molar-refractivity contribution < 1.29 is 10.1 Å². The van der Waals surface area contributed by atoms with Crippen LogP contribution in [0.1, 0.15) is 51.0 Å². The third-order valence-electron chi connectivity index (χ3n) is 7.09. The summed E-state index contributed by atoms with van der Waals surface area (Å²) in [5.74, 6) is 3.04. The zero-order valence-corrected chi connectivity index (χ0v) is 15.9. The largest absolute Gasteiger partial charge is 0.347 e. The first-order valence-corrected chi connectivity index (χ1v) is 10.2. The number of carbonyl (C=O) groups is 1. The highest BCUT2D eigenvalue weighted by molar-refractivity contribution is 6.30. The van der Waals surface area contributed by atoms with Crippen LogP contribution in [0.5, 0.6) is 0 Å². The number of amides is 1. The van der Waals surface area contributed by atoms with Crippen LogP contribution in [0, 0.1) is 23.2 Å². The third-order valence-corrected chi connectivity index (χ3v) is 7.32. The summed E-state index contributed by atoms with van der Waals surface area (Å²) in [6.07, 6.45) is 8.65. The molecule has 0 radical (unpaired) electrons. The van der Waals surface area contributed by atoms with Gasteiger partial charge in [-0.05, 0) is 80.9 Å². The van der Waals surface area contributed by atoms with E-state index in [1.807, 2.05) is 24.3 Å². The molecule has 4 bridgehead atoms. The Balaban J connectivity index is 1.27. The lowest BCUT2D eigenvalue weighted by Gasteiger charge is -2.57. The predicted octanol–water partition coefficient (Wildman–Crippen LogP) is 3.12. The molecule has 136 valence electrons. The van der Waals surface area contributed by atoms with Crippen LogP contribution in [0.15, 0.2) is 24.3 Å². The van der Waals surface area contributed by atoms with Crippen LogP contribution < -0.4 is 10.6 Å². The third kappa shape index (κ3) is 3.73. The van der Waals surface area contributed by atoms with Crippen molar-refractivity contribution in [2.75, 3.05) is 6.54 Å². The maximum atomic E-state index is 12.3. The summed E-state index contributed by atoms with van der Waals surface area (Å²) in [7, 11) is 0. The Bertz CT molecular complexity index is 609. The van der Waals surface area contributed by atoms with Crippen LogP contribution >= 0.6 is 11.6 Å². The highest BCUT2D eigenvalue weighted by atomic mass is 35.5. The second kappa shape index (κ2) is 6.92. The number of nitrogens with two attached hydrogens (primary N) is 1. The Labute approximate surface area is 155 Å². The van der Waals surface area contributed by atoms with E-state index in [2.05, 4.69) is 17.6 Å². The normalized spacial score (nSPS) is 34.1. The maximum Gasteiger partial charge on any atom is 0.275 e. The fourth-order valence-electron chi connectivity index (χ4n) is 6.19. The first kappa shape index (κ1) is 17.4. The Morgan fingerprint density at radius 2 is 1.88 bits per heavy atom. The van der Waals surface area contributed by atoms with E-state index >= 15 is 0 Å². The lowest BCUT2D eigenvalue weighted by Crippen LogP contribution is -2.94. The number of rotatable bonds is 6. The number of halogens is 1. The summed E-state index contributed by atoms with van der Waals surface area (Å²) in [5, 5.41) is 6.04. The molecule has 4 fully saturated rings. The number of carbonyl (C=O) groups excluding carboxylic acids is 1. The van der Waals surface area contributed by atoms with Gasteiger partial charge in [0.25, 0.3) is 5.91 Å². The molecule has 1 aromatic carbocycles. The van der Waals surface area contributed by atoms with Crippen molar-refractivity contribution in [2.24, 2.45) is 23.2 Å².